The van der Waals surface area contributed by atoms with Crippen molar-refractivity contribution in [3.63, 3.8) is 0 Å². The van der Waals surface area contributed by atoms with Gasteiger partial charge in [0, 0.05) is 13.2 Å². The largest absolute Gasteiger partial charge is 0.233 e. The van der Waals surface area contributed by atoms with E-state index in [1.54, 1.807) is 7.05 Å². The third-order valence-corrected chi connectivity index (χ3v) is 1.80. The van der Waals surface area contributed by atoms with E-state index >= 15 is 0 Å². The standard InChI is InChI=1S/C8H10N4/c1-3-6-4-7-8(9-5-6)11-12(2)10-7/h4-5H,3H2,1-2H3. The lowest BCUT2D eigenvalue weighted by Gasteiger charge is -1.91. The molecule has 2 aromatic rings. The van der Waals surface area contributed by atoms with Crippen molar-refractivity contribution in [3.8, 4) is 0 Å². The fraction of sp³-hybridized carbons (Fsp3) is 0.375. The van der Waals surface area contributed by atoms with Gasteiger partial charge in [-0.1, -0.05) is 6.92 Å². The number of hydrogen-bond donors (Lipinski definition) is 0. The van der Waals surface area contributed by atoms with Gasteiger partial charge in [-0.15, -0.1) is 5.10 Å². The van der Waals surface area contributed by atoms with Crippen LogP contribution in [0.3, 0.4) is 0 Å². The Labute approximate surface area is 70.2 Å². The molecule has 2 aromatic heterocycles. The van der Waals surface area contributed by atoms with Crippen LogP contribution in [0.2, 0.25) is 0 Å². The zero-order chi connectivity index (χ0) is 8.55. The van der Waals surface area contributed by atoms with E-state index in [2.05, 4.69) is 22.1 Å². The minimum absolute atomic E-state index is 0.717. The van der Waals surface area contributed by atoms with Crippen LogP contribution in [0.15, 0.2) is 12.3 Å². The lowest BCUT2D eigenvalue weighted by Crippen LogP contribution is -1.90. The van der Waals surface area contributed by atoms with Crippen molar-refractivity contribution in [2.75, 3.05) is 0 Å². The van der Waals surface area contributed by atoms with Crippen LogP contribution >= 0.6 is 0 Å². The van der Waals surface area contributed by atoms with Crippen molar-refractivity contribution in [1.82, 2.24) is 20.0 Å². The topological polar surface area (TPSA) is 43.6 Å². The molecule has 4 heteroatoms. The Bertz CT molecular complexity index is 404. The lowest BCUT2D eigenvalue weighted by molar-refractivity contribution is 0.663. The van der Waals surface area contributed by atoms with E-state index in [0.717, 1.165) is 17.6 Å². The summed E-state index contributed by atoms with van der Waals surface area (Å²) >= 11 is 0. The van der Waals surface area contributed by atoms with Gasteiger partial charge in [0.25, 0.3) is 0 Å². The molecule has 0 aliphatic carbocycles. The van der Waals surface area contributed by atoms with E-state index in [9.17, 15) is 0 Å². The van der Waals surface area contributed by atoms with Gasteiger partial charge in [0.05, 0.1) is 0 Å². The Morgan fingerprint density at radius 3 is 3.00 bits per heavy atom. The molecule has 4 nitrogen and oxygen atoms in total. The fourth-order valence-electron chi connectivity index (χ4n) is 1.15. The zero-order valence-electron chi connectivity index (χ0n) is 7.15. The third-order valence-electron chi connectivity index (χ3n) is 1.80. The summed E-state index contributed by atoms with van der Waals surface area (Å²) in [5.74, 6) is 0. The number of hydrogen-bond acceptors (Lipinski definition) is 3. The molecule has 0 spiro atoms. The maximum Gasteiger partial charge on any atom is 0.201 e. The molecule has 62 valence electrons. The second-order valence-corrected chi connectivity index (χ2v) is 2.73. The fourth-order valence-corrected chi connectivity index (χ4v) is 1.15. The maximum absolute atomic E-state index is 4.18. The number of aryl methyl sites for hydroxylation is 2. The lowest BCUT2D eigenvalue weighted by atomic mass is 10.2. The van der Waals surface area contributed by atoms with Gasteiger partial charge >= 0.3 is 0 Å². The van der Waals surface area contributed by atoms with Crippen LogP contribution in [-0.2, 0) is 13.5 Å². The maximum atomic E-state index is 4.18. The third kappa shape index (κ3) is 1.05. The van der Waals surface area contributed by atoms with Gasteiger partial charge < -0.3 is 0 Å². The summed E-state index contributed by atoms with van der Waals surface area (Å²) in [5, 5.41) is 8.25. The van der Waals surface area contributed by atoms with Gasteiger partial charge in [-0.3, -0.25) is 0 Å². The first-order chi connectivity index (χ1) is 5.79. The van der Waals surface area contributed by atoms with Crippen LogP contribution in [0.1, 0.15) is 12.5 Å². The minimum Gasteiger partial charge on any atom is -0.233 e. The summed E-state index contributed by atoms with van der Waals surface area (Å²) in [4.78, 5) is 5.72. The molecule has 2 rings (SSSR count). The van der Waals surface area contributed by atoms with E-state index in [1.807, 2.05) is 12.3 Å². The highest BCUT2D eigenvalue weighted by molar-refractivity contribution is 5.69. The van der Waals surface area contributed by atoms with Gasteiger partial charge in [-0.05, 0) is 18.1 Å². The molecule has 0 aromatic carbocycles. The highest BCUT2D eigenvalue weighted by Crippen LogP contribution is 2.07. The molecule has 0 unspecified atom stereocenters. The number of pyridine rings is 1. The summed E-state index contributed by atoms with van der Waals surface area (Å²) in [5.41, 5.74) is 2.79. The second kappa shape index (κ2) is 2.55. The van der Waals surface area contributed by atoms with Crippen LogP contribution in [0.4, 0.5) is 0 Å². The average Bonchev–Trinajstić information content (AvgIpc) is 2.43. The van der Waals surface area contributed by atoms with Crippen LogP contribution in [-0.4, -0.2) is 20.0 Å². The highest BCUT2D eigenvalue weighted by Gasteiger charge is 2.00. The Morgan fingerprint density at radius 1 is 1.42 bits per heavy atom. The first-order valence-corrected chi connectivity index (χ1v) is 3.95. The molecule has 0 aliphatic heterocycles. The van der Waals surface area contributed by atoms with Crippen molar-refractivity contribution in [2.45, 2.75) is 13.3 Å². The van der Waals surface area contributed by atoms with Crippen molar-refractivity contribution in [1.29, 1.82) is 0 Å². The van der Waals surface area contributed by atoms with Crippen LogP contribution in [0, 0.1) is 0 Å². The van der Waals surface area contributed by atoms with Gasteiger partial charge in [-0.2, -0.15) is 9.90 Å². The normalized spacial score (nSPS) is 10.8. The molecule has 0 amide bonds. The van der Waals surface area contributed by atoms with Gasteiger partial charge in [0.2, 0.25) is 5.65 Å². The highest BCUT2D eigenvalue weighted by atomic mass is 15.5. The molecule has 2 heterocycles. The van der Waals surface area contributed by atoms with Crippen LogP contribution in [0.5, 0.6) is 0 Å². The van der Waals surface area contributed by atoms with Gasteiger partial charge in [0.1, 0.15) is 5.52 Å². The number of aromatic nitrogens is 4. The van der Waals surface area contributed by atoms with Gasteiger partial charge in [-0.25, -0.2) is 4.98 Å². The molecular weight excluding hydrogens is 152 g/mol. The summed E-state index contributed by atoms with van der Waals surface area (Å²) in [6.45, 7) is 2.10. The monoisotopic (exact) mass is 162 g/mol. The molecule has 0 saturated carbocycles. The predicted molar refractivity (Wildman–Crippen MR) is 45.7 cm³/mol. The molecule has 0 saturated heterocycles. The molecule has 0 atom stereocenters. The Kier molecular flexibility index (Phi) is 1.53. The summed E-state index contributed by atoms with van der Waals surface area (Å²) in [6, 6.07) is 2.02. The van der Waals surface area contributed by atoms with Crippen molar-refractivity contribution in [2.24, 2.45) is 7.05 Å². The summed E-state index contributed by atoms with van der Waals surface area (Å²) < 4.78 is 0. The smallest absolute Gasteiger partial charge is 0.201 e. The number of rotatable bonds is 1. The van der Waals surface area contributed by atoms with E-state index in [0.29, 0.717) is 0 Å². The van der Waals surface area contributed by atoms with Crippen LogP contribution in [0.25, 0.3) is 11.2 Å². The molecule has 0 bridgehead atoms. The predicted octanol–water partition coefficient (Wildman–Crippen LogP) is 0.926. The number of nitrogens with zero attached hydrogens (tertiary/aromatic N) is 4. The van der Waals surface area contributed by atoms with E-state index in [-0.39, 0.29) is 0 Å². The SMILES string of the molecule is CCc1cnc2nn(C)nc2c1. The molecule has 12 heavy (non-hydrogen) atoms. The van der Waals surface area contributed by atoms with Crippen molar-refractivity contribution < 1.29 is 0 Å². The van der Waals surface area contributed by atoms with Crippen molar-refractivity contribution in [3.05, 3.63) is 17.8 Å². The van der Waals surface area contributed by atoms with Crippen molar-refractivity contribution >= 4 is 11.2 Å². The first-order valence-electron chi connectivity index (χ1n) is 3.95. The second-order valence-electron chi connectivity index (χ2n) is 2.73. The molecule has 0 N–H and O–H groups in total. The van der Waals surface area contributed by atoms with Gasteiger partial charge in [0.15, 0.2) is 0 Å². The molecule has 0 radical (unpaired) electrons. The number of fused-ring (bicyclic) bond motifs is 1. The molecule has 0 fully saturated rings. The zero-order valence-corrected chi connectivity index (χ0v) is 7.15. The van der Waals surface area contributed by atoms with E-state index < -0.39 is 0 Å². The quantitative estimate of drug-likeness (QED) is 0.626. The Hall–Kier alpha value is -1.45. The first kappa shape index (κ1) is 7.21. The summed E-state index contributed by atoms with van der Waals surface area (Å²) in [6.07, 6.45) is 2.83. The average molecular weight is 162 g/mol. The van der Waals surface area contributed by atoms with E-state index in [1.165, 1.54) is 10.4 Å². The Morgan fingerprint density at radius 2 is 2.25 bits per heavy atom. The molecular formula is C8H10N4. The Balaban J connectivity index is 2.66. The molecule has 0 aliphatic rings. The van der Waals surface area contributed by atoms with E-state index in [4.69, 9.17) is 0 Å². The van der Waals surface area contributed by atoms with Crippen LogP contribution < -0.4 is 0 Å². The minimum atomic E-state index is 0.717. The summed E-state index contributed by atoms with van der Waals surface area (Å²) in [7, 11) is 1.80.